The Balaban J connectivity index is 2.45. The van der Waals surface area contributed by atoms with E-state index in [4.69, 9.17) is 10.2 Å². The minimum absolute atomic E-state index is 0.147. The largest absolute Gasteiger partial charge is 0.464 e. The molecule has 0 spiro atoms. The molecule has 0 amide bonds. The van der Waals surface area contributed by atoms with Crippen LogP contribution >= 0.6 is 0 Å². The van der Waals surface area contributed by atoms with Crippen LogP contribution in [-0.4, -0.2) is 6.54 Å². The van der Waals surface area contributed by atoms with Gasteiger partial charge in [-0.3, -0.25) is 0 Å². The summed E-state index contributed by atoms with van der Waals surface area (Å²) in [5, 5.41) is 0.940. The van der Waals surface area contributed by atoms with Crippen LogP contribution in [-0.2, 0) is 0 Å². The second-order valence-electron chi connectivity index (χ2n) is 3.81. The number of hydrogen-bond donors (Lipinski definition) is 1. The normalized spacial score (nSPS) is 13.3. The van der Waals surface area contributed by atoms with E-state index in [1.165, 1.54) is 6.07 Å². The second-order valence-corrected chi connectivity index (χ2v) is 3.81. The fraction of sp³-hybridized carbons (Fsp3) is 0.333. The predicted molar refractivity (Wildman–Crippen MR) is 58.3 cm³/mol. The SMILES string of the molecule is CC(CCN)c1cc2ccoc2cc1F. The average Bonchev–Trinajstić information content (AvgIpc) is 2.63. The number of hydrogen-bond acceptors (Lipinski definition) is 2. The topological polar surface area (TPSA) is 39.2 Å². The van der Waals surface area contributed by atoms with Crippen molar-refractivity contribution in [2.24, 2.45) is 5.73 Å². The molecule has 2 rings (SSSR count). The number of halogens is 1. The van der Waals surface area contributed by atoms with Crippen LogP contribution in [0.1, 0.15) is 24.8 Å². The van der Waals surface area contributed by atoms with Gasteiger partial charge in [-0.2, -0.15) is 0 Å². The van der Waals surface area contributed by atoms with Crippen LogP contribution < -0.4 is 5.73 Å². The first-order valence-electron chi connectivity index (χ1n) is 5.09. The highest BCUT2D eigenvalue weighted by molar-refractivity contribution is 5.78. The van der Waals surface area contributed by atoms with Gasteiger partial charge in [0.25, 0.3) is 0 Å². The lowest BCUT2D eigenvalue weighted by atomic mass is 9.96. The molecule has 1 atom stereocenters. The van der Waals surface area contributed by atoms with E-state index in [9.17, 15) is 4.39 Å². The minimum atomic E-state index is -0.210. The zero-order chi connectivity index (χ0) is 10.8. The first kappa shape index (κ1) is 10.2. The molecule has 3 heteroatoms. The van der Waals surface area contributed by atoms with Gasteiger partial charge in [-0.25, -0.2) is 4.39 Å². The lowest BCUT2D eigenvalue weighted by molar-refractivity contribution is 0.569. The van der Waals surface area contributed by atoms with Gasteiger partial charge < -0.3 is 10.2 Å². The Labute approximate surface area is 87.9 Å². The van der Waals surface area contributed by atoms with Gasteiger partial charge in [-0.15, -0.1) is 0 Å². The van der Waals surface area contributed by atoms with Gasteiger partial charge in [-0.1, -0.05) is 6.92 Å². The van der Waals surface area contributed by atoms with Crippen molar-refractivity contribution in [1.29, 1.82) is 0 Å². The highest BCUT2D eigenvalue weighted by atomic mass is 19.1. The van der Waals surface area contributed by atoms with Crippen molar-refractivity contribution in [3.05, 3.63) is 35.8 Å². The maximum absolute atomic E-state index is 13.7. The summed E-state index contributed by atoms with van der Waals surface area (Å²) in [4.78, 5) is 0. The zero-order valence-electron chi connectivity index (χ0n) is 8.66. The quantitative estimate of drug-likeness (QED) is 0.840. The zero-order valence-corrected chi connectivity index (χ0v) is 8.66. The fourth-order valence-electron chi connectivity index (χ4n) is 1.79. The molecule has 1 aromatic carbocycles. The monoisotopic (exact) mass is 207 g/mol. The van der Waals surface area contributed by atoms with Gasteiger partial charge in [0.15, 0.2) is 0 Å². The maximum atomic E-state index is 13.7. The highest BCUT2D eigenvalue weighted by Gasteiger charge is 2.12. The predicted octanol–water partition coefficient (Wildman–Crippen LogP) is 3.02. The second kappa shape index (κ2) is 4.03. The van der Waals surface area contributed by atoms with Gasteiger partial charge in [0, 0.05) is 11.5 Å². The third kappa shape index (κ3) is 1.88. The molecule has 2 aromatic rings. The van der Waals surface area contributed by atoms with Gasteiger partial charge in [0.05, 0.1) is 6.26 Å². The van der Waals surface area contributed by atoms with Crippen molar-refractivity contribution in [2.45, 2.75) is 19.3 Å². The molecule has 2 nitrogen and oxygen atoms in total. The Bertz CT molecular complexity index is 464. The van der Waals surface area contributed by atoms with E-state index in [1.807, 2.05) is 19.1 Å². The number of fused-ring (bicyclic) bond motifs is 1. The third-order valence-corrected chi connectivity index (χ3v) is 2.70. The molecule has 0 aliphatic rings. The molecule has 2 N–H and O–H groups in total. The van der Waals surface area contributed by atoms with E-state index >= 15 is 0 Å². The van der Waals surface area contributed by atoms with E-state index in [0.29, 0.717) is 17.7 Å². The molecule has 0 radical (unpaired) electrons. The van der Waals surface area contributed by atoms with Crippen LogP contribution in [0, 0.1) is 5.82 Å². The summed E-state index contributed by atoms with van der Waals surface area (Å²) in [6.45, 7) is 2.56. The molecular weight excluding hydrogens is 193 g/mol. The maximum Gasteiger partial charge on any atom is 0.136 e. The van der Waals surface area contributed by atoms with E-state index in [0.717, 1.165) is 11.8 Å². The van der Waals surface area contributed by atoms with Crippen LogP contribution in [0.15, 0.2) is 28.9 Å². The van der Waals surface area contributed by atoms with Crippen molar-refractivity contribution in [2.75, 3.05) is 6.54 Å². The molecule has 1 unspecified atom stereocenters. The van der Waals surface area contributed by atoms with Crippen LogP contribution in [0.3, 0.4) is 0 Å². The molecule has 1 aromatic heterocycles. The number of nitrogens with two attached hydrogens (primary N) is 1. The summed E-state index contributed by atoms with van der Waals surface area (Å²) < 4.78 is 18.8. The first-order valence-corrected chi connectivity index (χ1v) is 5.09. The van der Waals surface area contributed by atoms with Crippen molar-refractivity contribution in [3.63, 3.8) is 0 Å². The lowest BCUT2D eigenvalue weighted by Crippen LogP contribution is -2.05. The van der Waals surface area contributed by atoms with Gasteiger partial charge in [0.1, 0.15) is 11.4 Å². The summed E-state index contributed by atoms with van der Waals surface area (Å²) in [6, 6.07) is 5.12. The summed E-state index contributed by atoms with van der Waals surface area (Å²) in [7, 11) is 0. The molecule has 15 heavy (non-hydrogen) atoms. The van der Waals surface area contributed by atoms with Crippen molar-refractivity contribution in [3.8, 4) is 0 Å². The molecule has 0 fully saturated rings. The van der Waals surface area contributed by atoms with Crippen LogP contribution in [0.5, 0.6) is 0 Å². The molecule has 80 valence electrons. The fourth-order valence-corrected chi connectivity index (χ4v) is 1.79. The Morgan fingerprint density at radius 3 is 3.00 bits per heavy atom. The standard InChI is InChI=1S/C12H14FNO/c1-8(2-4-14)10-6-9-3-5-15-12(9)7-11(10)13/h3,5-8H,2,4,14H2,1H3. The lowest BCUT2D eigenvalue weighted by Gasteiger charge is -2.11. The van der Waals surface area contributed by atoms with Gasteiger partial charge in [0.2, 0.25) is 0 Å². The Morgan fingerprint density at radius 2 is 2.27 bits per heavy atom. The number of benzene rings is 1. The summed E-state index contributed by atoms with van der Waals surface area (Å²) >= 11 is 0. The van der Waals surface area contributed by atoms with Crippen molar-refractivity contribution in [1.82, 2.24) is 0 Å². The summed E-state index contributed by atoms with van der Waals surface area (Å²) in [6.07, 6.45) is 2.36. The Morgan fingerprint density at radius 1 is 1.47 bits per heavy atom. The summed E-state index contributed by atoms with van der Waals surface area (Å²) in [5.74, 6) is -0.0623. The molecule has 0 saturated heterocycles. The molecule has 0 aliphatic heterocycles. The van der Waals surface area contributed by atoms with Crippen molar-refractivity contribution >= 4 is 11.0 Å². The molecule has 0 aliphatic carbocycles. The van der Waals surface area contributed by atoms with Crippen LogP contribution in [0.25, 0.3) is 11.0 Å². The van der Waals surface area contributed by atoms with E-state index in [-0.39, 0.29) is 11.7 Å². The van der Waals surface area contributed by atoms with Crippen LogP contribution in [0.4, 0.5) is 4.39 Å². The number of rotatable bonds is 3. The molecule has 0 saturated carbocycles. The molecular formula is C12H14FNO. The van der Waals surface area contributed by atoms with Crippen LogP contribution in [0.2, 0.25) is 0 Å². The third-order valence-electron chi connectivity index (χ3n) is 2.70. The number of furan rings is 1. The highest BCUT2D eigenvalue weighted by Crippen LogP contribution is 2.27. The Kier molecular flexibility index (Phi) is 2.73. The smallest absolute Gasteiger partial charge is 0.136 e. The van der Waals surface area contributed by atoms with E-state index in [2.05, 4.69) is 0 Å². The molecule has 0 bridgehead atoms. The average molecular weight is 207 g/mol. The van der Waals surface area contributed by atoms with E-state index in [1.54, 1.807) is 6.26 Å². The van der Waals surface area contributed by atoms with Gasteiger partial charge in [-0.05, 0) is 36.6 Å². The van der Waals surface area contributed by atoms with E-state index < -0.39 is 0 Å². The Hall–Kier alpha value is -1.35. The molecule has 1 heterocycles. The van der Waals surface area contributed by atoms with Crippen molar-refractivity contribution < 1.29 is 8.81 Å². The summed E-state index contributed by atoms with van der Waals surface area (Å²) in [5.41, 5.74) is 6.78. The van der Waals surface area contributed by atoms with Gasteiger partial charge >= 0.3 is 0 Å². The minimum Gasteiger partial charge on any atom is -0.464 e. The first-order chi connectivity index (χ1) is 7.22.